The molecule has 36 heavy (non-hydrogen) atoms. The number of hydrogen-bond donors (Lipinski definition) is 0. The molecule has 4 aromatic carbocycles. The summed E-state index contributed by atoms with van der Waals surface area (Å²) in [5, 5.41) is 22.1. The first kappa shape index (κ1) is 22.6. The maximum absolute atomic E-state index is 11.1. The lowest BCUT2D eigenvalue weighted by molar-refractivity contribution is -0.385. The smallest absolute Gasteiger partial charge is 0.269 e. The average Bonchev–Trinajstić information content (AvgIpc) is 3.17. The lowest BCUT2D eigenvalue weighted by atomic mass is 10.1. The lowest BCUT2D eigenvalue weighted by Crippen LogP contribution is -2.29. The molecule has 5 rings (SSSR count). The number of hydrogen-bond acceptors (Lipinski definition) is 6. The van der Waals surface area contributed by atoms with E-state index in [2.05, 4.69) is 4.90 Å². The van der Waals surface area contributed by atoms with Gasteiger partial charge >= 0.3 is 0 Å². The number of nitro groups is 2. The molecule has 0 atom stereocenters. The third-order valence-electron chi connectivity index (χ3n) is 5.70. The van der Waals surface area contributed by atoms with E-state index in [1.165, 1.54) is 24.3 Å². The van der Waals surface area contributed by atoms with E-state index in [1.807, 2.05) is 54.6 Å². The van der Waals surface area contributed by atoms with Crippen molar-refractivity contribution >= 4 is 40.0 Å². The summed E-state index contributed by atoms with van der Waals surface area (Å²) in [6.07, 6.45) is 0. The number of para-hydroxylation sites is 1. The second kappa shape index (κ2) is 9.59. The Bertz CT molecular complexity index is 1500. The Hall–Kier alpha value is -5.18. The largest absolute Gasteiger partial charge is 0.319 e. The predicted molar refractivity (Wildman–Crippen MR) is 139 cm³/mol. The monoisotopic (exact) mass is 477 g/mol. The summed E-state index contributed by atoms with van der Waals surface area (Å²) in [5.41, 5.74) is 4.51. The number of benzene rings is 4. The number of rotatable bonds is 6. The van der Waals surface area contributed by atoms with Crippen LogP contribution < -0.4 is 4.90 Å². The van der Waals surface area contributed by atoms with Gasteiger partial charge in [0.1, 0.15) is 5.71 Å². The highest BCUT2D eigenvalue weighted by atomic mass is 16.6. The summed E-state index contributed by atoms with van der Waals surface area (Å²) >= 11 is 0. The molecule has 0 radical (unpaired) electrons. The van der Waals surface area contributed by atoms with Crippen molar-refractivity contribution in [3.05, 3.63) is 134 Å². The molecule has 0 aliphatic carbocycles. The van der Waals surface area contributed by atoms with Gasteiger partial charge in [0.2, 0.25) is 0 Å². The number of non-ortho nitro benzene ring substituents is 2. The van der Waals surface area contributed by atoms with Gasteiger partial charge in [-0.05, 0) is 35.9 Å². The van der Waals surface area contributed by atoms with Gasteiger partial charge in [0.15, 0.2) is 5.84 Å². The van der Waals surface area contributed by atoms with Crippen LogP contribution >= 0.6 is 0 Å². The zero-order valence-corrected chi connectivity index (χ0v) is 18.9. The van der Waals surface area contributed by atoms with Crippen LogP contribution in [0.5, 0.6) is 0 Å². The highest BCUT2D eigenvalue weighted by Crippen LogP contribution is 2.34. The Kier molecular flexibility index (Phi) is 6.02. The zero-order valence-electron chi connectivity index (χ0n) is 18.9. The van der Waals surface area contributed by atoms with E-state index in [1.54, 1.807) is 24.3 Å². The van der Waals surface area contributed by atoms with Crippen LogP contribution in [0.25, 0.3) is 0 Å². The molecule has 0 fully saturated rings. The molecule has 0 unspecified atom stereocenters. The third-order valence-corrected chi connectivity index (χ3v) is 5.70. The van der Waals surface area contributed by atoms with E-state index in [0.29, 0.717) is 29.5 Å². The molecule has 0 N–H and O–H groups in total. The van der Waals surface area contributed by atoms with Gasteiger partial charge in [0.05, 0.1) is 26.9 Å². The van der Waals surface area contributed by atoms with Crippen molar-refractivity contribution in [1.29, 1.82) is 0 Å². The SMILES string of the molecule is O=[N+]([O-])c1ccc(N=C2C(=Nc3ccc([N+](=O)[O-])cc3)N(Cc3ccccc3)c3ccccc32)cc1. The van der Waals surface area contributed by atoms with E-state index in [9.17, 15) is 20.2 Å². The molecule has 1 aliphatic rings. The topological polar surface area (TPSA) is 114 Å². The molecule has 0 spiro atoms. The first-order valence-electron chi connectivity index (χ1n) is 11.1. The molecule has 9 heteroatoms. The summed E-state index contributed by atoms with van der Waals surface area (Å²) in [7, 11) is 0. The number of aliphatic imine (C=N–C) groups is 2. The first-order chi connectivity index (χ1) is 17.5. The van der Waals surface area contributed by atoms with Crippen molar-refractivity contribution in [2.75, 3.05) is 4.90 Å². The van der Waals surface area contributed by atoms with Gasteiger partial charge in [0, 0.05) is 36.4 Å². The molecule has 176 valence electrons. The summed E-state index contributed by atoms with van der Waals surface area (Å²) in [4.78, 5) is 33.0. The van der Waals surface area contributed by atoms with Gasteiger partial charge in [0.25, 0.3) is 11.4 Å². The zero-order chi connectivity index (χ0) is 25.1. The molecule has 0 saturated heterocycles. The van der Waals surface area contributed by atoms with Crippen LogP contribution in [0.3, 0.4) is 0 Å². The normalized spacial score (nSPS) is 14.7. The fraction of sp³-hybridized carbons (Fsp3) is 0.0370. The van der Waals surface area contributed by atoms with E-state index in [-0.39, 0.29) is 11.4 Å². The summed E-state index contributed by atoms with van der Waals surface area (Å²) in [6.45, 7) is 0.531. The van der Waals surface area contributed by atoms with Gasteiger partial charge in [-0.1, -0.05) is 48.5 Å². The van der Waals surface area contributed by atoms with E-state index in [0.717, 1.165) is 16.8 Å². The summed E-state index contributed by atoms with van der Waals surface area (Å²) in [6, 6.07) is 29.8. The van der Waals surface area contributed by atoms with Crippen molar-refractivity contribution in [1.82, 2.24) is 0 Å². The van der Waals surface area contributed by atoms with E-state index < -0.39 is 9.85 Å². The van der Waals surface area contributed by atoms with Crippen molar-refractivity contribution in [3.63, 3.8) is 0 Å². The van der Waals surface area contributed by atoms with E-state index in [4.69, 9.17) is 9.98 Å². The predicted octanol–water partition coefficient (Wildman–Crippen LogP) is 6.37. The first-order valence-corrected chi connectivity index (χ1v) is 11.1. The molecular weight excluding hydrogens is 458 g/mol. The third kappa shape index (κ3) is 4.58. The minimum absolute atomic E-state index is 0.0174. The average molecular weight is 477 g/mol. The van der Waals surface area contributed by atoms with Gasteiger partial charge in [-0.3, -0.25) is 20.2 Å². The van der Waals surface area contributed by atoms with Crippen LogP contribution in [0.2, 0.25) is 0 Å². The second-order valence-corrected chi connectivity index (χ2v) is 8.03. The summed E-state index contributed by atoms with van der Waals surface area (Å²) < 4.78 is 0. The fourth-order valence-corrected chi connectivity index (χ4v) is 3.97. The van der Waals surface area contributed by atoms with Gasteiger partial charge in [-0.2, -0.15) is 0 Å². The lowest BCUT2D eigenvalue weighted by Gasteiger charge is -2.20. The maximum atomic E-state index is 11.1. The number of anilines is 1. The van der Waals surface area contributed by atoms with Gasteiger partial charge < -0.3 is 4.90 Å². The highest BCUT2D eigenvalue weighted by Gasteiger charge is 2.32. The Morgan fingerprint density at radius 1 is 0.639 bits per heavy atom. The summed E-state index contributed by atoms with van der Waals surface area (Å²) in [5.74, 6) is 0.576. The quantitative estimate of drug-likeness (QED) is 0.236. The molecule has 0 aromatic heterocycles. The van der Waals surface area contributed by atoms with Gasteiger partial charge in [-0.15, -0.1) is 0 Å². The Morgan fingerprint density at radius 2 is 1.17 bits per heavy atom. The molecule has 4 aromatic rings. The Morgan fingerprint density at radius 3 is 1.75 bits per heavy atom. The van der Waals surface area contributed by atoms with Crippen LogP contribution in [0.1, 0.15) is 11.1 Å². The van der Waals surface area contributed by atoms with Crippen LogP contribution in [-0.4, -0.2) is 21.4 Å². The standard InChI is InChI=1S/C27H19N5O4/c33-31(34)22-14-10-20(11-15-22)28-26-24-8-4-5-9-25(24)30(18-19-6-2-1-3-7-19)27(26)29-21-12-16-23(17-13-21)32(35)36/h1-17H,18H2. The Balaban J connectivity index is 1.64. The molecule has 0 bridgehead atoms. The van der Waals surface area contributed by atoms with Gasteiger partial charge in [-0.25, -0.2) is 9.98 Å². The second-order valence-electron chi connectivity index (χ2n) is 8.03. The van der Waals surface area contributed by atoms with Crippen molar-refractivity contribution in [2.24, 2.45) is 9.98 Å². The number of nitro benzene ring substituents is 2. The van der Waals surface area contributed by atoms with Crippen LogP contribution in [0.4, 0.5) is 28.4 Å². The molecule has 0 saturated carbocycles. The van der Waals surface area contributed by atoms with Crippen LogP contribution in [0.15, 0.2) is 113 Å². The van der Waals surface area contributed by atoms with E-state index >= 15 is 0 Å². The highest BCUT2D eigenvalue weighted by molar-refractivity contribution is 6.57. The van der Waals surface area contributed by atoms with Crippen molar-refractivity contribution in [3.8, 4) is 0 Å². The minimum atomic E-state index is -0.454. The van der Waals surface area contributed by atoms with Crippen molar-refractivity contribution in [2.45, 2.75) is 6.54 Å². The fourth-order valence-electron chi connectivity index (χ4n) is 3.97. The minimum Gasteiger partial charge on any atom is -0.319 e. The molecule has 1 aliphatic heterocycles. The Labute approximate surface area is 206 Å². The van der Waals surface area contributed by atoms with Crippen LogP contribution in [-0.2, 0) is 6.54 Å². The molecule has 1 heterocycles. The maximum Gasteiger partial charge on any atom is 0.269 e. The number of amidine groups is 1. The van der Waals surface area contributed by atoms with Crippen molar-refractivity contribution < 1.29 is 9.85 Å². The molecular formula is C27H19N5O4. The number of nitrogens with zero attached hydrogens (tertiary/aromatic N) is 5. The number of fused-ring (bicyclic) bond motifs is 1. The molecule has 0 amide bonds. The van der Waals surface area contributed by atoms with Crippen LogP contribution in [0, 0.1) is 20.2 Å². The molecule has 9 nitrogen and oxygen atoms in total.